The number of anilines is 3. The van der Waals surface area contributed by atoms with Crippen LogP contribution in [0.2, 0.25) is 0 Å². The van der Waals surface area contributed by atoms with Gasteiger partial charge in [-0.05, 0) is 53.6 Å². The first-order chi connectivity index (χ1) is 24.8. The molecule has 0 saturated carbocycles. The minimum atomic E-state index is 0.604. The topological polar surface area (TPSA) is 52.4 Å². The van der Waals surface area contributed by atoms with Gasteiger partial charge in [0.1, 0.15) is 5.69 Å². The van der Waals surface area contributed by atoms with E-state index >= 15 is 0 Å². The molecule has 2 aromatic heterocycles. The quantitative estimate of drug-likeness (QED) is 0.192. The summed E-state index contributed by atoms with van der Waals surface area (Å²) in [5.74, 6) is 3.67. The monoisotopic (exact) mass is 642 g/mol. The Balaban J connectivity index is 1.14. The molecule has 234 valence electrons. The normalized spacial score (nSPS) is 12.7. The molecule has 7 aromatic carbocycles. The molecule has 0 fully saturated rings. The zero-order valence-corrected chi connectivity index (χ0v) is 26.6. The first-order valence-corrected chi connectivity index (χ1v) is 16.7. The molecule has 9 aromatic rings. The van der Waals surface area contributed by atoms with Gasteiger partial charge >= 0.3 is 0 Å². The molecular formula is C44H26N4O2. The van der Waals surface area contributed by atoms with Crippen molar-refractivity contribution in [1.29, 1.82) is 0 Å². The van der Waals surface area contributed by atoms with Crippen molar-refractivity contribution in [2.45, 2.75) is 0 Å². The van der Waals surface area contributed by atoms with E-state index in [-0.39, 0.29) is 0 Å². The van der Waals surface area contributed by atoms with Crippen molar-refractivity contribution in [1.82, 2.24) is 14.5 Å². The van der Waals surface area contributed by atoms with E-state index in [4.69, 9.17) is 19.4 Å². The van der Waals surface area contributed by atoms with Gasteiger partial charge in [-0.25, -0.2) is 9.97 Å². The fourth-order valence-corrected chi connectivity index (χ4v) is 7.52. The molecule has 0 bridgehead atoms. The molecule has 6 heteroatoms. The summed E-state index contributed by atoms with van der Waals surface area (Å²) in [6, 6.07) is 54.2. The minimum Gasteiger partial charge on any atom is -0.453 e. The van der Waals surface area contributed by atoms with Crippen LogP contribution in [0.5, 0.6) is 23.0 Å². The third-order valence-electron chi connectivity index (χ3n) is 9.78. The van der Waals surface area contributed by atoms with E-state index in [0.717, 1.165) is 89.6 Å². The van der Waals surface area contributed by atoms with Crippen LogP contribution in [0.15, 0.2) is 158 Å². The molecule has 2 aliphatic rings. The van der Waals surface area contributed by atoms with E-state index in [1.807, 2.05) is 54.6 Å². The van der Waals surface area contributed by atoms with Gasteiger partial charge in [-0.3, -0.25) is 9.47 Å². The van der Waals surface area contributed by atoms with Crippen molar-refractivity contribution in [3.63, 3.8) is 0 Å². The summed E-state index contributed by atoms with van der Waals surface area (Å²) in [6.45, 7) is 0. The number of hydrogen-bond donors (Lipinski definition) is 0. The van der Waals surface area contributed by atoms with Gasteiger partial charge in [0.05, 0.1) is 33.6 Å². The molecule has 11 rings (SSSR count). The molecule has 0 spiro atoms. The van der Waals surface area contributed by atoms with Crippen molar-refractivity contribution in [3.8, 4) is 51.3 Å². The van der Waals surface area contributed by atoms with Gasteiger partial charge in [-0.2, -0.15) is 0 Å². The second kappa shape index (κ2) is 10.3. The molecule has 0 amide bonds. The van der Waals surface area contributed by atoms with Crippen LogP contribution in [0.3, 0.4) is 0 Å². The molecule has 6 nitrogen and oxygen atoms in total. The van der Waals surface area contributed by atoms with Gasteiger partial charge < -0.3 is 9.47 Å². The van der Waals surface area contributed by atoms with Gasteiger partial charge in [0.2, 0.25) is 5.95 Å². The number of ether oxygens (including phenoxy) is 2. The molecular weight excluding hydrogens is 617 g/mol. The number of rotatable bonds is 3. The zero-order chi connectivity index (χ0) is 32.8. The largest absolute Gasteiger partial charge is 0.453 e. The Morgan fingerprint density at radius 3 is 1.94 bits per heavy atom. The van der Waals surface area contributed by atoms with Crippen LogP contribution in [-0.4, -0.2) is 14.5 Å². The lowest BCUT2D eigenvalue weighted by molar-refractivity contribution is 0.446. The lowest BCUT2D eigenvalue weighted by atomic mass is 10.0. The van der Waals surface area contributed by atoms with E-state index in [1.165, 1.54) is 5.56 Å². The Hall–Kier alpha value is -6.92. The molecule has 2 aliphatic heterocycles. The van der Waals surface area contributed by atoms with Crippen molar-refractivity contribution in [2.24, 2.45) is 0 Å². The van der Waals surface area contributed by atoms with Crippen LogP contribution in [-0.2, 0) is 0 Å². The van der Waals surface area contributed by atoms with Gasteiger partial charge in [-0.15, -0.1) is 0 Å². The van der Waals surface area contributed by atoms with E-state index in [1.54, 1.807) is 0 Å². The van der Waals surface area contributed by atoms with Crippen molar-refractivity contribution < 1.29 is 9.47 Å². The first kappa shape index (κ1) is 27.1. The summed E-state index contributed by atoms with van der Waals surface area (Å²) in [4.78, 5) is 12.8. The summed E-state index contributed by atoms with van der Waals surface area (Å²) in [6.07, 6.45) is 0. The molecule has 50 heavy (non-hydrogen) atoms. The Kier molecular flexibility index (Phi) is 5.57. The highest BCUT2D eigenvalue weighted by atomic mass is 16.5. The molecule has 0 unspecified atom stereocenters. The highest BCUT2D eigenvalue weighted by Crippen LogP contribution is 2.60. The van der Waals surface area contributed by atoms with E-state index < -0.39 is 0 Å². The van der Waals surface area contributed by atoms with Gasteiger partial charge in [0.15, 0.2) is 23.0 Å². The second-order valence-corrected chi connectivity index (χ2v) is 12.6. The maximum atomic E-state index is 6.67. The molecule has 0 atom stereocenters. The molecule has 0 N–H and O–H groups in total. The summed E-state index contributed by atoms with van der Waals surface area (Å²) in [7, 11) is 0. The van der Waals surface area contributed by atoms with E-state index in [0.29, 0.717) is 5.95 Å². The highest BCUT2D eigenvalue weighted by molar-refractivity contribution is 6.12. The van der Waals surface area contributed by atoms with E-state index in [9.17, 15) is 0 Å². The van der Waals surface area contributed by atoms with Crippen LogP contribution in [0, 0.1) is 0 Å². The number of para-hydroxylation sites is 5. The minimum absolute atomic E-state index is 0.604. The van der Waals surface area contributed by atoms with Gasteiger partial charge in [-0.1, -0.05) is 109 Å². The third-order valence-corrected chi connectivity index (χ3v) is 9.78. The van der Waals surface area contributed by atoms with Crippen LogP contribution in [0.1, 0.15) is 0 Å². The fourth-order valence-electron chi connectivity index (χ4n) is 7.52. The third kappa shape index (κ3) is 3.90. The summed E-state index contributed by atoms with van der Waals surface area (Å²) < 4.78 is 15.2. The molecule has 0 aliphatic carbocycles. The lowest BCUT2D eigenvalue weighted by Gasteiger charge is -2.37. The molecule has 4 heterocycles. The average molecular weight is 643 g/mol. The van der Waals surface area contributed by atoms with E-state index in [2.05, 4.69) is 113 Å². The van der Waals surface area contributed by atoms with Crippen LogP contribution < -0.4 is 14.4 Å². The molecule has 0 saturated heterocycles. The smallest absolute Gasteiger partial charge is 0.235 e. The van der Waals surface area contributed by atoms with Crippen LogP contribution in [0.4, 0.5) is 17.1 Å². The summed E-state index contributed by atoms with van der Waals surface area (Å²) in [5.41, 5.74) is 9.96. The lowest BCUT2D eigenvalue weighted by Crippen LogP contribution is -2.20. The van der Waals surface area contributed by atoms with Crippen molar-refractivity contribution >= 4 is 49.8 Å². The highest BCUT2D eigenvalue weighted by Gasteiger charge is 2.35. The van der Waals surface area contributed by atoms with Crippen LogP contribution >= 0.6 is 0 Å². The number of nitrogens with zero attached hydrogens (tertiary/aromatic N) is 4. The SMILES string of the molecule is c1ccc(-c2ccc(-c3nc(-n4c5ccccc5c5cc6c(cc54)Oc4cccc5c4N6c4ccccc4O5)nc4ccccc34)cc2)cc1. The molecule has 0 radical (unpaired) electrons. The zero-order valence-electron chi connectivity index (χ0n) is 26.6. The Morgan fingerprint density at radius 2 is 1.08 bits per heavy atom. The second-order valence-electron chi connectivity index (χ2n) is 12.6. The van der Waals surface area contributed by atoms with Crippen molar-refractivity contribution in [3.05, 3.63) is 158 Å². The van der Waals surface area contributed by atoms with Crippen molar-refractivity contribution in [2.75, 3.05) is 4.90 Å². The predicted octanol–water partition coefficient (Wildman–Crippen LogP) is 11.7. The predicted molar refractivity (Wildman–Crippen MR) is 200 cm³/mol. The number of benzene rings is 7. The number of hydrogen-bond acceptors (Lipinski definition) is 5. The Bertz CT molecular complexity index is 2820. The number of aromatic nitrogens is 3. The maximum absolute atomic E-state index is 6.67. The van der Waals surface area contributed by atoms with Gasteiger partial charge in [0.25, 0.3) is 0 Å². The standard InChI is InChI=1S/C44H26N4O2/c1-2-11-27(12-3-1)28-21-23-29(24-22-28)42-31-14-4-6-15-33(31)45-44(46-42)48-34-16-7-5-13-30(34)32-25-37-41(26-36(32)48)50-40-20-10-19-39-43(40)47(37)35-17-8-9-18-38(35)49-39/h1-26H. The van der Waals surface area contributed by atoms with Gasteiger partial charge in [0, 0.05) is 27.8 Å². The average Bonchev–Trinajstić information content (AvgIpc) is 3.50. The van der Waals surface area contributed by atoms with Crippen LogP contribution in [0.25, 0.3) is 61.0 Å². The number of fused-ring (bicyclic) bond motifs is 8. The summed E-state index contributed by atoms with van der Waals surface area (Å²) in [5, 5.41) is 3.19. The maximum Gasteiger partial charge on any atom is 0.235 e. The first-order valence-electron chi connectivity index (χ1n) is 16.7. The summed E-state index contributed by atoms with van der Waals surface area (Å²) >= 11 is 0. The Morgan fingerprint density at radius 1 is 0.420 bits per heavy atom. The Labute approximate surface area is 287 Å². The fraction of sp³-hybridized carbons (Fsp3) is 0.